The van der Waals surface area contributed by atoms with Crippen LogP contribution in [-0.2, 0) is 42.9 Å². The molecule has 0 saturated heterocycles. The normalized spacial score (nSPS) is 10.7. The van der Waals surface area contributed by atoms with Crippen LogP contribution in [0.1, 0.15) is 53.4 Å². The number of carbonyl (C=O) groups is 4. The van der Waals surface area contributed by atoms with Crippen LogP contribution in [0.5, 0.6) is 0 Å². The Kier molecular flexibility index (Phi) is 15.5. The fraction of sp³-hybridized carbons (Fsp3) is 0.800. The molecule has 0 aromatic rings. The zero-order valence-electron chi connectivity index (χ0n) is 17.9. The summed E-state index contributed by atoms with van der Waals surface area (Å²) in [5.41, 5.74) is 0. The molecule has 0 radical (unpaired) electrons. The summed E-state index contributed by atoms with van der Waals surface area (Å²) in [5.74, 6) is -1.39. The molecule has 0 spiro atoms. The molecule has 0 atom stereocenters. The van der Waals surface area contributed by atoms with Crippen LogP contribution in [0.4, 0.5) is 0 Å². The second kappa shape index (κ2) is 16.8. The molecule has 0 aromatic carbocycles. The molecule has 0 fully saturated rings. The van der Waals surface area contributed by atoms with E-state index in [0.717, 1.165) is 0 Å². The molecule has 0 N–H and O–H groups in total. The maximum atomic E-state index is 11.5. The lowest BCUT2D eigenvalue weighted by Gasteiger charge is -2.08. The Labute approximate surface area is 172 Å². The first kappa shape index (κ1) is 26.8. The minimum atomic E-state index is -0.508. The molecule has 0 aromatic heterocycles. The van der Waals surface area contributed by atoms with E-state index in [1.54, 1.807) is 0 Å². The number of ether oxygens (including phenoxy) is 5. The second-order valence-corrected chi connectivity index (χ2v) is 7.21. The van der Waals surface area contributed by atoms with Crippen molar-refractivity contribution in [3.8, 4) is 0 Å². The highest BCUT2D eigenvalue weighted by molar-refractivity contribution is 5.78. The molecule has 0 aliphatic heterocycles. The SMILES string of the molecule is CC(C)COC(=O)CCC(=O)OCCOCCOC(=O)CCC(=O)OCC(C)C. The minimum Gasteiger partial charge on any atom is -0.465 e. The first-order chi connectivity index (χ1) is 13.7. The highest BCUT2D eigenvalue weighted by Gasteiger charge is 2.11. The second-order valence-electron chi connectivity index (χ2n) is 7.21. The number of rotatable bonds is 16. The molecular weight excluding hydrogens is 384 g/mol. The van der Waals surface area contributed by atoms with Crippen LogP contribution >= 0.6 is 0 Å². The summed E-state index contributed by atoms with van der Waals surface area (Å²) < 4.78 is 24.9. The van der Waals surface area contributed by atoms with E-state index < -0.39 is 23.9 Å². The molecule has 0 aliphatic rings. The van der Waals surface area contributed by atoms with Crippen LogP contribution in [0.3, 0.4) is 0 Å². The van der Waals surface area contributed by atoms with Crippen molar-refractivity contribution < 1.29 is 42.9 Å². The molecule has 0 amide bonds. The van der Waals surface area contributed by atoms with Crippen molar-refractivity contribution >= 4 is 23.9 Å². The highest BCUT2D eigenvalue weighted by Crippen LogP contribution is 2.00. The zero-order chi connectivity index (χ0) is 22.1. The summed E-state index contributed by atoms with van der Waals surface area (Å²) in [5, 5.41) is 0. The number of hydrogen-bond acceptors (Lipinski definition) is 9. The van der Waals surface area contributed by atoms with E-state index in [1.165, 1.54) is 0 Å². The van der Waals surface area contributed by atoms with Crippen molar-refractivity contribution in [2.45, 2.75) is 53.4 Å². The topological polar surface area (TPSA) is 114 Å². The summed E-state index contributed by atoms with van der Waals surface area (Å²) in [6.45, 7) is 8.71. The van der Waals surface area contributed by atoms with Gasteiger partial charge in [-0.1, -0.05) is 27.7 Å². The van der Waals surface area contributed by atoms with Crippen LogP contribution in [0.15, 0.2) is 0 Å². The largest absolute Gasteiger partial charge is 0.465 e. The Hall–Kier alpha value is -2.16. The van der Waals surface area contributed by atoms with Gasteiger partial charge in [-0.05, 0) is 11.8 Å². The van der Waals surface area contributed by atoms with Gasteiger partial charge in [-0.2, -0.15) is 0 Å². The summed E-state index contributed by atoms with van der Waals surface area (Å²) in [6, 6.07) is 0. The minimum absolute atomic E-state index is 0.0205. The Morgan fingerprint density at radius 2 is 0.828 bits per heavy atom. The third kappa shape index (κ3) is 18.9. The van der Waals surface area contributed by atoms with E-state index >= 15 is 0 Å². The molecule has 9 heteroatoms. The molecule has 0 unspecified atom stereocenters. The summed E-state index contributed by atoms with van der Waals surface area (Å²) in [7, 11) is 0. The van der Waals surface area contributed by atoms with Gasteiger partial charge in [0.2, 0.25) is 0 Å². The maximum Gasteiger partial charge on any atom is 0.306 e. The van der Waals surface area contributed by atoms with Crippen LogP contribution in [0, 0.1) is 11.8 Å². The lowest BCUT2D eigenvalue weighted by Crippen LogP contribution is -2.16. The fourth-order valence-corrected chi connectivity index (χ4v) is 1.75. The van der Waals surface area contributed by atoms with Gasteiger partial charge in [0.05, 0.1) is 52.1 Å². The van der Waals surface area contributed by atoms with Gasteiger partial charge in [0.1, 0.15) is 13.2 Å². The predicted molar refractivity (Wildman–Crippen MR) is 103 cm³/mol. The summed E-state index contributed by atoms with van der Waals surface area (Å²) in [4.78, 5) is 45.7. The van der Waals surface area contributed by atoms with Gasteiger partial charge in [0.25, 0.3) is 0 Å². The smallest absolute Gasteiger partial charge is 0.306 e. The summed E-state index contributed by atoms with van der Waals surface area (Å²) >= 11 is 0. The van der Waals surface area contributed by atoms with Crippen LogP contribution in [0.2, 0.25) is 0 Å². The molecule has 0 rings (SSSR count). The van der Waals surface area contributed by atoms with E-state index in [1.807, 2.05) is 27.7 Å². The average molecular weight is 418 g/mol. The van der Waals surface area contributed by atoms with Gasteiger partial charge in [-0.25, -0.2) is 0 Å². The highest BCUT2D eigenvalue weighted by atomic mass is 16.6. The molecule has 0 saturated carbocycles. The number of esters is 4. The van der Waals surface area contributed by atoms with Crippen molar-refractivity contribution in [1.29, 1.82) is 0 Å². The van der Waals surface area contributed by atoms with E-state index in [0.29, 0.717) is 13.2 Å². The first-order valence-electron chi connectivity index (χ1n) is 9.91. The standard InChI is InChI=1S/C20H34O9/c1-15(2)13-28-19(23)7-5-17(21)26-11-9-25-10-12-27-18(22)6-8-20(24)29-14-16(3)4/h15-16H,5-14H2,1-4H3. The fourth-order valence-electron chi connectivity index (χ4n) is 1.75. The van der Waals surface area contributed by atoms with Gasteiger partial charge in [0, 0.05) is 0 Å². The molecule has 0 bridgehead atoms. The zero-order valence-corrected chi connectivity index (χ0v) is 17.9. The lowest BCUT2D eigenvalue weighted by molar-refractivity contribution is -0.153. The third-order valence-electron chi connectivity index (χ3n) is 3.20. The van der Waals surface area contributed by atoms with E-state index in [4.69, 9.17) is 23.7 Å². The Morgan fingerprint density at radius 1 is 0.517 bits per heavy atom. The third-order valence-corrected chi connectivity index (χ3v) is 3.20. The molecular formula is C20H34O9. The predicted octanol–water partition coefficient (Wildman–Crippen LogP) is 2.05. The monoisotopic (exact) mass is 418 g/mol. The van der Waals surface area contributed by atoms with Crippen molar-refractivity contribution in [1.82, 2.24) is 0 Å². The van der Waals surface area contributed by atoms with Gasteiger partial charge in [0.15, 0.2) is 0 Å². The molecule has 0 heterocycles. The quantitative estimate of drug-likeness (QED) is 0.211. The Morgan fingerprint density at radius 3 is 1.14 bits per heavy atom. The average Bonchev–Trinajstić information content (AvgIpc) is 2.66. The van der Waals surface area contributed by atoms with E-state index in [-0.39, 0.29) is 63.9 Å². The summed E-state index contributed by atoms with van der Waals surface area (Å²) in [6.07, 6.45) is -0.136. The molecule has 29 heavy (non-hydrogen) atoms. The molecule has 168 valence electrons. The van der Waals surface area contributed by atoms with Gasteiger partial charge >= 0.3 is 23.9 Å². The Bertz CT molecular complexity index is 456. The molecule has 9 nitrogen and oxygen atoms in total. The maximum absolute atomic E-state index is 11.5. The van der Waals surface area contributed by atoms with Crippen molar-refractivity contribution in [2.24, 2.45) is 11.8 Å². The molecule has 0 aliphatic carbocycles. The van der Waals surface area contributed by atoms with E-state index in [9.17, 15) is 19.2 Å². The lowest BCUT2D eigenvalue weighted by atomic mass is 10.2. The van der Waals surface area contributed by atoms with Gasteiger partial charge < -0.3 is 23.7 Å². The van der Waals surface area contributed by atoms with Crippen LogP contribution in [-0.4, -0.2) is 63.5 Å². The number of carbonyl (C=O) groups excluding carboxylic acids is 4. The van der Waals surface area contributed by atoms with E-state index in [2.05, 4.69) is 0 Å². The van der Waals surface area contributed by atoms with Gasteiger partial charge in [-0.15, -0.1) is 0 Å². The van der Waals surface area contributed by atoms with Gasteiger partial charge in [-0.3, -0.25) is 19.2 Å². The van der Waals surface area contributed by atoms with Crippen molar-refractivity contribution in [2.75, 3.05) is 39.6 Å². The van der Waals surface area contributed by atoms with Crippen molar-refractivity contribution in [3.05, 3.63) is 0 Å². The Balaban J connectivity index is 3.53. The first-order valence-corrected chi connectivity index (χ1v) is 9.91. The van der Waals surface area contributed by atoms with Crippen LogP contribution < -0.4 is 0 Å². The van der Waals surface area contributed by atoms with Crippen molar-refractivity contribution in [3.63, 3.8) is 0 Å². The van der Waals surface area contributed by atoms with Crippen LogP contribution in [0.25, 0.3) is 0 Å². The number of hydrogen-bond donors (Lipinski definition) is 0.